The van der Waals surface area contributed by atoms with E-state index in [9.17, 15) is 12.8 Å². The Morgan fingerprint density at radius 1 is 1.37 bits per heavy atom. The number of rotatable bonds is 6. The van der Waals surface area contributed by atoms with Crippen molar-refractivity contribution in [3.63, 3.8) is 0 Å². The Labute approximate surface area is 114 Å². The maximum Gasteiger partial charge on any atom is 0.241 e. The normalized spacial score (nSPS) is 12.7. The van der Waals surface area contributed by atoms with Crippen molar-refractivity contribution in [3.05, 3.63) is 29.6 Å². The van der Waals surface area contributed by atoms with Gasteiger partial charge in [0, 0.05) is 17.6 Å². The predicted molar refractivity (Wildman–Crippen MR) is 73.6 cm³/mol. The second-order valence-electron chi connectivity index (χ2n) is 5.20. The van der Waals surface area contributed by atoms with Gasteiger partial charge in [0.1, 0.15) is 5.82 Å². The van der Waals surface area contributed by atoms with Gasteiger partial charge in [-0.25, -0.2) is 17.5 Å². The van der Waals surface area contributed by atoms with Crippen molar-refractivity contribution in [1.29, 1.82) is 0 Å². The van der Waals surface area contributed by atoms with Gasteiger partial charge in [-0.3, -0.25) is 0 Å². The quantitative estimate of drug-likeness (QED) is 0.842. The van der Waals surface area contributed by atoms with Gasteiger partial charge in [0.05, 0.1) is 4.90 Å². The van der Waals surface area contributed by atoms with Crippen molar-refractivity contribution in [2.45, 2.75) is 50.6 Å². The zero-order valence-corrected chi connectivity index (χ0v) is 12.3. The lowest BCUT2D eigenvalue weighted by molar-refractivity contribution is 0.417. The third kappa shape index (κ3) is 4.26. The third-order valence-electron chi connectivity index (χ3n) is 2.83. The molecule has 0 aliphatic heterocycles. The number of halogens is 1. The van der Waals surface area contributed by atoms with Crippen LogP contribution >= 0.6 is 0 Å². The van der Waals surface area contributed by atoms with Gasteiger partial charge in [-0.05, 0) is 38.5 Å². The van der Waals surface area contributed by atoms with Crippen LogP contribution in [0.2, 0.25) is 0 Å². The molecule has 0 amide bonds. The van der Waals surface area contributed by atoms with Crippen LogP contribution in [0, 0.1) is 5.82 Å². The van der Waals surface area contributed by atoms with Gasteiger partial charge in [0.2, 0.25) is 10.0 Å². The summed E-state index contributed by atoms with van der Waals surface area (Å²) in [6.07, 6.45) is 1.59. The number of hydrogen-bond donors (Lipinski definition) is 2. The number of hydrogen-bond acceptors (Lipinski definition) is 3. The summed E-state index contributed by atoms with van der Waals surface area (Å²) < 4.78 is 40.4. The Kier molecular flexibility index (Phi) is 5.06. The molecular weight excluding hydrogens is 267 g/mol. The highest BCUT2D eigenvalue weighted by Gasteiger charge is 2.25. The summed E-state index contributed by atoms with van der Waals surface area (Å²) in [6, 6.07) is 3.65. The van der Waals surface area contributed by atoms with Gasteiger partial charge >= 0.3 is 0 Å². The van der Waals surface area contributed by atoms with Crippen LogP contribution in [0.25, 0.3) is 0 Å². The highest BCUT2D eigenvalue weighted by atomic mass is 32.2. The van der Waals surface area contributed by atoms with Crippen LogP contribution in [-0.4, -0.2) is 14.0 Å². The first kappa shape index (κ1) is 16.1. The minimum absolute atomic E-state index is 0.0342. The predicted octanol–water partition coefficient (Wildman–Crippen LogP) is 2.14. The molecule has 0 aliphatic carbocycles. The second-order valence-corrected chi connectivity index (χ2v) is 6.88. The van der Waals surface area contributed by atoms with Gasteiger partial charge in [0.15, 0.2) is 0 Å². The van der Waals surface area contributed by atoms with Crippen molar-refractivity contribution < 1.29 is 12.8 Å². The van der Waals surface area contributed by atoms with Crippen LogP contribution in [0.15, 0.2) is 23.1 Å². The molecule has 1 rings (SSSR count). The number of nitrogens with two attached hydrogens (primary N) is 1. The van der Waals surface area contributed by atoms with E-state index < -0.39 is 21.4 Å². The lowest BCUT2D eigenvalue weighted by Crippen LogP contribution is -2.43. The zero-order valence-electron chi connectivity index (χ0n) is 11.5. The van der Waals surface area contributed by atoms with Crippen LogP contribution in [-0.2, 0) is 16.6 Å². The summed E-state index contributed by atoms with van der Waals surface area (Å²) in [7, 11) is -3.66. The molecule has 0 unspecified atom stereocenters. The summed E-state index contributed by atoms with van der Waals surface area (Å²) >= 11 is 0. The Hall–Kier alpha value is -0.980. The highest BCUT2D eigenvalue weighted by molar-refractivity contribution is 7.89. The van der Waals surface area contributed by atoms with Crippen molar-refractivity contribution in [3.8, 4) is 0 Å². The number of nitrogens with one attached hydrogen (secondary N) is 1. The van der Waals surface area contributed by atoms with Crippen LogP contribution in [0.5, 0.6) is 0 Å². The number of benzene rings is 1. The fraction of sp³-hybridized carbons (Fsp3) is 0.538. The molecule has 1 aromatic carbocycles. The van der Waals surface area contributed by atoms with Crippen molar-refractivity contribution >= 4 is 10.0 Å². The average molecular weight is 288 g/mol. The fourth-order valence-electron chi connectivity index (χ4n) is 1.97. The molecule has 0 saturated carbocycles. The highest BCUT2D eigenvalue weighted by Crippen LogP contribution is 2.19. The van der Waals surface area contributed by atoms with E-state index in [0.29, 0.717) is 0 Å². The Morgan fingerprint density at radius 3 is 2.53 bits per heavy atom. The smallest absolute Gasteiger partial charge is 0.241 e. The van der Waals surface area contributed by atoms with Gasteiger partial charge in [0.25, 0.3) is 0 Å². The molecular formula is C13H21FN2O2S. The minimum Gasteiger partial charge on any atom is -0.326 e. The first-order valence-corrected chi connectivity index (χ1v) is 7.72. The molecule has 0 aliphatic rings. The van der Waals surface area contributed by atoms with Crippen molar-refractivity contribution in [2.24, 2.45) is 5.73 Å². The van der Waals surface area contributed by atoms with E-state index in [1.807, 2.05) is 20.8 Å². The molecule has 1 aromatic rings. The molecule has 6 heteroatoms. The summed E-state index contributed by atoms with van der Waals surface area (Å²) in [5, 5.41) is 0. The fourth-order valence-corrected chi connectivity index (χ4v) is 3.47. The van der Waals surface area contributed by atoms with E-state index in [2.05, 4.69) is 4.72 Å². The third-order valence-corrected chi connectivity index (χ3v) is 4.53. The summed E-state index contributed by atoms with van der Waals surface area (Å²) in [4.78, 5) is 0.0403. The lowest BCUT2D eigenvalue weighted by atomic mass is 10.0. The van der Waals surface area contributed by atoms with Crippen LogP contribution in [0.3, 0.4) is 0 Å². The summed E-state index contributed by atoms with van der Waals surface area (Å²) in [5.41, 5.74) is 5.04. The maximum atomic E-state index is 13.3. The molecule has 19 heavy (non-hydrogen) atoms. The van der Waals surface area contributed by atoms with Gasteiger partial charge in [-0.2, -0.15) is 0 Å². The number of sulfonamides is 1. The largest absolute Gasteiger partial charge is 0.326 e. The molecule has 3 N–H and O–H groups in total. The van der Waals surface area contributed by atoms with E-state index in [4.69, 9.17) is 5.73 Å². The zero-order chi connectivity index (χ0) is 14.7. The SMILES string of the molecule is CCCC(C)(C)NS(=O)(=O)c1ccc(F)c(CN)c1. The lowest BCUT2D eigenvalue weighted by Gasteiger charge is -2.25. The van der Waals surface area contributed by atoms with Crippen LogP contribution in [0.1, 0.15) is 39.2 Å². The first-order chi connectivity index (χ1) is 8.72. The maximum absolute atomic E-state index is 13.3. The van der Waals surface area contributed by atoms with Gasteiger partial charge < -0.3 is 5.73 Å². The van der Waals surface area contributed by atoms with Crippen molar-refractivity contribution in [1.82, 2.24) is 4.72 Å². The Morgan fingerprint density at radius 2 is 2.00 bits per heavy atom. The molecule has 108 valence electrons. The van der Waals surface area contributed by atoms with E-state index in [-0.39, 0.29) is 17.0 Å². The molecule has 4 nitrogen and oxygen atoms in total. The topological polar surface area (TPSA) is 72.2 Å². The summed E-state index contributed by atoms with van der Waals surface area (Å²) in [6.45, 7) is 5.59. The second kappa shape index (κ2) is 5.98. The molecule has 0 saturated heterocycles. The first-order valence-electron chi connectivity index (χ1n) is 6.24. The van der Waals surface area contributed by atoms with Gasteiger partial charge in [-0.1, -0.05) is 13.3 Å². The standard InChI is InChI=1S/C13H21FN2O2S/c1-4-7-13(2,3)16-19(17,18)11-5-6-12(14)10(8-11)9-15/h5-6,8,16H,4,7,9,15H2,1-3H3. The molecule has 0 radical (unpaired) electrons. The van der Waals surface area contributed by atoms with Crippen molar-refractivity contribution in [2.75, 3.05) is 0 Å². The molecule has 0 aromatic heterocycles. The molecule has 0 heterocycles. The Balaban J connectivity index is 3.07. The average Bonchev–Trinajstić information content (AvgIpc) is 2.27. The van der Waals surface area contributed by atoms with E-state index >= 15 is 0 Å². The van der Waals surface area contributed by atoms with Crippen LogP contribution in [0.4, 0.5) is 4.39 Å². The van der Waals surface area contributed by atoms with E-state index in [0.717, 1.165) is 18.9 Å². The Bertz CT molecular complexity index is 542. The van der Waals surface area contributed by atoms with E-state index in [1.165, 1.54) is 12.1 Å². The molecule has 0 atom stereocenters. The molecule has 0 bridgehead atoms. The monoisotopic (exact) mass is 288 g/mol. The van der Waals surface area contributed by atoms with Crippen LogP contribution < -0.4 is 10.5 Å². The van der Waals surface area contributed by atoms with E-state index in [1.54, 1.807) is 0 Å². The van der Waals surface area contributed by atoms with Gasteiger partial charge in [-0.15, -0.1) is 0 Å². The molecule has 0 fully saturated rings. The minimum atomic E-state index is -3.66. The summed E-state index contributed by atoms with van der Waals surface area (Å²) in [5.74, 6) is -0.491. The molecule has 0 spiro atoms.